The van der Waals surface area contributed by atoms with E-state index in [4.69, 9.17) is 8.83 Å². The molecule has 0 saturated carbocycles. The molecule has 4 heterocycles. The van der Waals surface area contributed by atoms with Crippen LogP contribution in [-0.4, -0.2) is 0 Å². The van der Waals surface area contributed by atoms with Crippen LogP contribution in [0.4, 0.5) is 0 Å². The molecule has 0 N–H and O–H groups in total. The minimum Gasteiger partial charge on any atom is -0.464 e. The van der Waals surface area contributed by atoms with Crippen molar-refractivity contribution in [3.63, 3.8) is 0 Å². The zero-order valence-corrected chi connectivity index (χ0v) is 29.3. The second-order valence-corrected chi connectivity index (χ2v) is 15.6. The average molecular weight is 699 g/mol. The number of fused-ring (bicyclic) bond motifs is 2. The maximum absolute atomic E-state index is 6.22. The van der Waals surface area contributed by atoms with Gasteiger partial charge in [0.25, 0.3) is 0 Å². The SMILES string of the molecule is c1ccc(-c2ccc3cc(-c4coc5ccccc45)c4sc5c(-c6ccccc6)ccc6cc(-c7coc8ccccc78)c7sc2c3c4-c7c65)cc1. The fourth-order valence-electron chi connectivity index (χ4n) is 8.46. The van der Waals surface area contributed by atoms with Crippen LogP contribution in [-0.2, 0) is 0 Å². The first kappa shape index (κ1) is 28.5. The Morgan fingerprint density at radius 3 is 1.23 bits per heavy atom. The topological polar surface area (TPSA) is 26.3 Å². The molecule has 0 spiro atoms. The van der Waals surface area contributed by atoms with Crippen LogP contribution in [0.25, 0.3) is 118 Å². The summed E-state index contributed by atoms with van der Waals surface area (Å²) < 4.78 is 17.6. The lowest BCUT2D eigenvalue weighted by Gasteiger charge is -2.26. The quantitative estimate of drug-likeness (QED) is 0.135. The smallest absolute Gasteiger partial charge is 0.134 e. The summed E-state index contributed by atoms with van der Waals surface area (Å²) in [5.74, 6) is 0. The molecule has 2 aromatic heterocycles. The Morgan fingerprint density at radius 2 is 0.769 bits per heavy atom. The Morgan fingerprint density at radius 1 is 0.346 bits per heavy atom. The van der Waals surface area contributed by atoms with Gasteiger partial charge in [-0.1, -0.05) is 121 Å². The summed E-state index contributed by atoms with van der Waals surface area (Å²) in [6.45, 7) is 0. The molecule has 0 amide bonds. The third kappa shape index (κ3) is 3.88. The standard InChI is InChI=1S/C48H26O2S2/c1-3-11-27(12-4-1)31-21-19-29-23-36(38-26-50-40-18-10-8-16-34(38)40)48-43-41(29)45(31)51-47-35(37-25-49-39-17-9-7-15-33(37)39)24-30-20-22-32(28-13-5-2-6-14-28)46(52-48)42(30)44(43)47/h1-26H. The molecular formula is C48H26O2S2. The van der Waals surface area contributed by atoms with E-state index in [2.05, 4.69) is 133 Å². The van der Waals surface area contributed by atoms with Gasteiger partial charge in [-0.15, -0.1) is 22.7 Å². The lowest BCUT2D eigenvalue weighted by Crippen LogP contribution is -1.97. The van der Waals surface area contributed by atoms with Gasteiger partial charge in [0.15, 0.2) is 0 Å². The first-order chi connectivity index (χ1) is 25.8. The summed E-state index contributed by atoms with van der Waals surface area (Å²) >= 11 is 3.84. The van der Waals surface area contributed by atoms with E-state index < -0.39 is 0 Å². The van der Waals surface area contributed by atoms with Gasteiger partial charge in [-0.3, -0.25) is 0 Å². The molecule has 52 heavy (non-hydrogen) atoms. The van der Waals surface area contributed by atoms with Gasteiger partial charge in [0.2, 0.25) is 0 Å². The van der Waals surface area contributed by atoms with Crippen LogP contribution < -0.4 is 0 Å². The highest BCUT2D eigenvalue weighted by Gasteiger charge is 2.30. The third-order valence-corrected chi connectivity index (χ3v) is 13.3. The largest absolute Gasteiger partial charge is 0.464 e. The molecule has 10 aromatic rings. The molecule has 12 rings (SSSR count). The molecule has 8 aromatic carbocycles. The van der Waals surface area contributed by atoms with Crippen molar-refractivity contribution in [1.82, 2.24) is 0 Å². The monoisotopic (exact) mass is 698 g/mol. The second kappa shape index (κ2) is 10.7. The minimum absolute atomic E-state index is 0.900. The zero-order valence-electron chi connectivity index (χ0n) is 27.6. The van der Waals surface area contributed by atoms with Crippen molar-refractivity contribution < 1.29 is 8.83 Å². The summed E-state index contributed by atoms with van der Waals surface area (Å²) in [6, 6.07) is 52.6. The number of para-hydroxylation sites is 2. The Labute approximate surface area is 306 Å². The predicted octanol–water partition coefficient (Wildman–Crippen LogP) is 15.1. The zero-order chi connectivity index (χ0) is 33.9. The summed E-state index contributed by atoms with van der Waals surface area (Å²) in [7, 11) is 0. The van der Waals surface area contributed by atoms with E-state index in [1.54, 1.807) is 0 Å². The van der Waals surface area contributed by atoms with Crippen LogP contribution in [0.1, 0.15) is 0 Å². The van der Waals surface area contributed by atoms with Gasteiger partial charge in [-0.25, -0.2) is 0 Å². The van der Waals surface area contributed by atoms with Crippen molar-refractivity contribution >= 4 is 85.0 Å². The van der Waals surface area contributed by atoms with Crippen LogP contribution in [0.5, 0.6) is 0 Å². The van der Waals surface area contributed by atoms with Gasteiger partial charge < -0.3 is 8.83 Å². The van der Waals surface area contributed by atoms with Crippen molar-refractivity contribution in [3.8, 4) is 55.6 Å². The normalized spacial score (nSPS) is 12.2. The number of hydrogen-bond acceptors (Lipinski definition) is 4. The van der Waals surface area contributed by atoms with Crippen LogP contribution >= 0.6 is 22.7 Å². The van der Waals surface area contributed by atoms with Gasteiger partial charge in [0, 0.05) is 73.7 Å². The maximum Gasteiger partial charge on any atom is 0.134 e. The van der Waals surface area contributed by atoms with Gasteiger partial charge >= 0.3 is 0 Å². The molecule has 2 aliphatic rings. The molecular weight excluding hydrogens is 673 g/mol. The van der Waals surface area contributed by atoms with E-state index in [0.29, 0.717) is 0 Å². The lowest BCUT2D eigenvalue weighted by atomic mass is 9.85. The molecule has 0 radical (unpaired) electrons. The number of hydrogen-bond donors (Lipinski definition) is 0. The van der Waals surface area contributed by atoms with E-state index >= 15 is 0 Å². The van der Waals surface area contributed by atoms with Crippen molar-refractivity contribution in [3.05, 3.63) is 158 Å². The van der Waals surface area contributed by atoms with E-state index in [1.807, 2.05) is 47.3 Å². The van der Waals surface area contributed by atoms with Crippen LogP contribution in [0, 0.1) is 0 Å². The molecule has 0 atom stereocenters. The number of rotatable bonds is 4. The summed E-state index contributed by atoms with van der Waals surface area (Å²) in [4.78, 5) is 0. The highest BCUT2D eigenvalue weighted by Crippen LogP contribution is 2.59. The molecule has 4 heteroatoms. The van der Waals surface area contributed by atoms with Crippen molar-refractivity contribution in [2.45, 2.75) is 0 Å². The minimum atomic E-state index is 0.900. The van der Waals surface area contributed by atoms with Gasteiger partial charge in [-0.05, 0) is 57.3 Å². The lowest BCUT2D eigenvalue weighted by molar-refractivity contribution is 0.616. The van der Waals surface area contributed by atoms with Gasteiger partial charge in [0.1, 0.15) is 11.2 Å². The Bertz CT molecular complexity index is 3060. The predicted molar refractivity (Wildman–Crippen MR) is 221 cm³/mol. The summed E-state index contributed by atoms with van der Waals surface area (Å²) in [5, 5.41) is 7.38. The average Bonchev–Trinajstić information content (AvgIpc) is 3.84. The Hall–Kier alpha value is -6.20. The third-order valence-electron chi connectivity index (χ3n) is 10.8. The van der Waals surface area contributed by atoms with E-state index in [1.165, 1.54) is 84.9 Å². The Balaban J connectivity index is 1.34. The number of benzene rings is 8. The second-order valence-electron chi connectivity index (χ2n) is 13.6. The molecule has 0 aliphatic carbocycles. The van der Waals surface area contributed by atoms with Gasteiger partial charge in [-0.2, -0.15) is 0 Å². The van der Waals surface area contributed by atoms with Gasteiger partial charge in [0.05, 0.1) is 12.5 Å². The fraction of sp³-hybridized carbons (Fsp3) is 0. The molecule has 0 unspecified atom stereocenters. The number of furan rings is 2. The van der Waals surface area contributed by atoms with Crippen molar-refractivity contribution in [2.75, 3.05) is 0 Å². The van der Waals surface area contributed by atoms with E-state index in [9.17, 15) is 0 Å². The highest BCUT2D eigenvalue weighted by atomic mass is 32.1. The molecule has 0 bridgehead atoms. The first-order valence-corrected chi connectivity index (χ1v) is 19.1. The van der Waals surface area contributed by atoms with Crippen LogP contribution in [0.3, 0.4) is 0 Å². The highest BCUT2D eigenvalue weighted by molar-refractivity contribution is 7.28. The Kier molecular flexibility index (Phi) is 5.84. The van der Waals surface area contributed by atoms with Crippen LogP contribution in [0.2, 0.25) is 0 Å². The molecule has 0 fully saturated rings. The fourth-order valence-corrected chi connectivity index (χ4v) is 11.3. The van der Waals surface area contributed by atoms with Crippen molar-refractivity contribution in [2.24, 2.45) is 0 Å². The molecule has 242 valence electrons. The molecule has 2 aliphatic heterocycles. The van der Waals surface area contributed by atoms with Crippen LogP contribution in [0.15, 0.2) is 167 Å². The summed E-state index contributed by atoms with van der Waals surface area (Å²) in [5.41, 5.74) is 14.1. The van der Waals surface area contributed by atoms with E-state index in [-0.39, 0.29) is 0 Å². The molecule has 0 saturated heterocycles. The maximum atomic E-state index is 6.22. The molecule has 2 nitrogen and oxygen atoms in total. The summed E-state index contributed by atoms with van der Waals surface area (Å²) in [6.07, 6.45) is 3.91. The first-order valence-electron chi connectivity index (χ1n) is 17.5. The van der Waals surface area contributed by atoms with E-state index in [0.717, 1.165) is 33.1 Å². The van der Waals surface area contributed by atoms with Crippen molar-refractivity contribution in [1.29, 1.82) is 0 Å².